The Hall–Kier alpha value is -4.61. The SMILES string of the molecule is CS(=O)(=O)NCC1CCCN(c2ncnc3cc(OC=O)ccc23)C1.Cc1ccc2c(N3CCCC(CNS(C)(=O)=O)C3)ncnc2c1.O=C=O. The van der Waals surface area contributed by atoms with E-state index in [1.54, 1.807) is 18.5 Å². The predicted octanol–water partition coefficient (Wildman–Crippen LogP) is 2.05. The minimum Gasteiger partial charge on any atom is -0.429 e. The van der Waals surface area contributed by atoms with Gasteiger partial charge in [0.2, 0.25) is 20.0 Å². The molecule has 6 rings (SSSR count). The van der Waals surface area contributed by atoms with Crippen molar-refractivity contribution in [2.75, 3.05) is 61.6 Å². The quantitative estimate of drug-likeness (QED) is 0.223. The molecule has 0 bridgehead atoms. The second-order valence-electron chi connectivity index (χ2n) is 12.5. The van der Waals surface area contributed by atoms with Gasteiger partial charge < -0.3 is 14.5 Å². The molecule has 2 aliphatic rings. The van der Waals surface area contributed by atoms with Gasteiger partial charge in [0.05, 0.1) is 23.5 Å². The lowest BCUT2D eigenvalue weighted by molar-refractivity contribution is -0.191. The molecule has 2 N–H and O–H groups in total. The fourth-order valence-electron chi connectivity index (χ4n) is 6.19. The Morgan fingerprint density at radius 3 is 1.73 bits per heavy atom. The Labute approximate surface area is 297 Å². The molecule has 2 aromatic carbocycles. The zero-order chi connectivity index (χ0) is 37.0. The highest BCUT2D eigenvalue weighted by Crippen LogP contribution is 2.30. The van der Waals surface area contributed by atoms with E-state index in [0.29, 0.717) is 36.7 Å². The Balaban J connectivity index is 0.000000213. The molecule has 2 fully saturated rings. The molecule has 16 nitrogen and oxygen atoms in total. The van der Waals surface area contributed by atoms with Crippen molar-refractivity contribution in [3.63, 3.8) is 0 Å². The summed E-state index contributed by atoms with van der Waals surface area (Å²) < 4.78 is 55.2. The second kappa shape index (κ2) is 18.1. The van der Waals surface area contributed by atoms with Crippen LogP contribution in [0.2, 0.25) is 0 Å². The lowest BCUT2D eigenvalue weighted by Crippen LogP contribution is -2.41. The molecule has 0 amide bonds. The third kappa shape index (κ3) is 12.0. The first-order valence-corrected chi connectivity index (χ1v) is 20.0. The van der Waals surface area contributed by atoms with Crippen molar-refractivity contribution in [1.82, 2.24) is 29.4 Å². The topological polar surface area (TPSA) is 211 Å². The maximum atomic E-state index is 11.3. The standard InChI is InChI=1S/C16H20N4O4S.C16H22N4O2S.CO2/c1-25(22,23)19-8-12-3-2-6-20(9-12)16-14-5-4-13(24-11-21)7-15(14)17-10-18-16;1-12-5-6-14-15(8-12)17-11-18-16(14)20-7-3-4-13(10-20)9-19-23(2,21)22;2-1-3/h4-5,7,10-12,19H,2-3,6,8-9H2,1H3;5-6,8,11,13,19H,3-4,7,9-10H2,1-2H3;. The molecule has 274 valence electrons. The van der Waals surface area contributed by atoms with Crippen molar-refractivity contribution in [2.24, 2.45) is 11.8 Å². The second-order valence-corrected chi connectivity index (χ2v) is 16.2. The van der Waals surface area contributed by atoms with Crippen LogP contribution in [0.1, 0.15) is 31.2 Å². The molecule has 18 heteroatoms. The third-order valence-electron chi connectivity index (χ3n) is 8.45. The molecule has 0 radical (unpaired) electrons. The lowest BCUT2D eigenvalue weighted by atomic mass is 9.98. The van der Waals surface area contributed by atoms with Gasteiger partial charge in [0.1, 0.15) is 30.0 Å². The summed E-state index contributed by atoms with van der Waals surface area (Å²) in [5, 5.41) is 1.92. The minimum atomic E-state index is -3.19. The summed E-state index contributed by atoms with van der Waals surface area (Å²) in [7, 11) is -6.33. The number of rotatable bonds is 10. The van der Waals surface area contributed by atoms with Crippen LogP contribution >= 0.6 is 0 Å². The number of piperidine rings is 2. The van der Waals surface area contributed by atoms with Gasteiger partial charge in [0.15, 0.2) is 0 Å². The Bertz CT molecular complexity index is 2060. The van der Waals surface area contributed by atoms with Gasteiger partial charge in [-0.25, -0.2) is 46.2 Å². The van der Waals surface area contributed by atoms with Crippen molar-refractivity contribution >= 4 is 66.1 Å². The van der Waals surface area contributed by atoms with E-state index in [1.165, 1.54) is 24.4 Å². The van der Waals surface area contributed by atoms with E-state index in [2.05, 4.69) is 64.3 Å². The lowest BCUT2D eigenvalue weighted by Gasteiger charge is -2.34. The summed E-state index contributed by atoms with van der Waals surface area (Å²) in [5.74, 6) is 2.71. The third-order valence-corrected chi connectivity index (χ3v) is 9.83. The van der Waals surface area contributed by atoms with Crippen LogP contribution < -0.4 is 24.0 Å². The number of benzene rings is 2. The normalized spacial score (nSPS) is 17.8. The highest BCUT2D eigenvalue weighted by Gasteiger charge is 2.24. The number of anilines is 2. The van der Waals surface area contributed by atoms with Gasteiger partial charge in [-0.05, 0) is 74.3 Å². The summed E-state index contributed by atoms with van der Waals surface area (Å²) >= 11 is 0. The maximum absolute atomic E-state index is 11.3. The molecule has 4 aromatic rings. The maximum Gasteiger partial charge on any atom is 0.373 e. The van der Waals surface area contributed by atoms with Crippen molar-refractivity contribution in [3.05, 3.63) is 54.6 Å². The molecule has 2 aliphatic heterocycles. The predicted molar refractivity (Wildman–Crippen MR) is 191 cm³/mol. The summed E-state index contributed by atoms with van der Waals surface area (Å²) in [5.41, 5.74) is 2.82. The Morgan fingerprint density at radius 1 is 0.784 bits per heavy atom. The van der Waals surface area contributed by atoms with Crippen LogP contribution in [0.3, 0.4) is 0 Å². The molecular formula is C33H42N8O8S2. The molecule has 0 saturated carbocycles. The first-order valence-electron chi connectivity index (χ1n) is 16.2. The van der Waals surface area contributed by atoms with E-state index in [4.69, 9.17) is 14.3 Å². The Kier molecular flexibility index (Phi) is 13.9. The summed E-state index contributed by atoms with van der Waals surface area (Å²) in [6.45, 7) is 6.67. The molecule has 4 heterocycles. The van der Waals surface area contributed by atoms with Crippen LogP contribution in [0, 0.1) is 18.8 Å². The first-order chi connectivity index (χ1) is 24.3. The van der Waals surface area contributed by atoms with E-state index < -0.39 is 20.0 Å². The van der Waals surface area contributed by atoms with Gasteiger partial charge >= 0.3 is 6.15 Å². The molecular weight excluding hydrogens is 701 g/mol. The van der Waals surface area contributed by atoms with Crippen LogP contribution in [0.5, 0.6) is 5.75 Å². The fraction of sp³-hybridized carbons (Fsp3) is 0.455. The van der Waals surface area contributed by atoms with Crippen molar-refractivity contribution in [3.8, 4) is 5.75 Å². The molecule has 2 unspecified atom stereocenters. The first kappa shape index (κ1) is 39.2. The number of aryl methyl sites for hydroxylation is 1. The van der Waals surface area contributed by atoms with Crippen molar-refractivity contribution in [2.45, 2.75) is 32.6 Å². The number of carbonyl (C=O) groups excluding carboxylic acids is 3. The molecule has 0 aliphatic carbocycles. The summed E-state index contributed by atoms with van der Waals surface area (Å²) in [4.78, 5) is 48.6. The summed E-state index contributed by atoms with van der Waals surface area (Å²) in [6, 6.07) is 11.4. The van der Waals surface area contributed by atoms with Gasteiger partial charge in [-0.3, -0.25) is 4.79 Å². The number of nitrogens with one attached hydrogen (secondary N) is 2. The number of hydrogen-bond acceptors (Lipinski definition) is 14. The van der Waals surface area contributed by atoms with Gasteiger partial charge in [-0.15, -0.1) is 0 Å². The number of carbonyl (C=O) groups is 1. The zero-order valence-corrected chi connectivity index (χ0v) is 30.3. The van der Waals surface area contributed by atoms with Gasteiger partial charge in [0, 0.05) is 56.1 Å². The Morgan fingerprint density at radius 2 is 1.25 bits per heavy atom. The van der Waals surface area contributed by atoms with Crippen molar-refractivity contribution < 1.29 is 36.0 Å². The van der Waals surface area contributed by atoms with Crippen LogP contribution in [0.15, 0.2) is 49.1 Å². The van der Waals surface area contributed by atoms with Gasteiger partial charge in [0.25, 0.3) is 6.47 Å². The van der Waals surface area contributed by atoms with Crippen LogP contribution in [-0.4, -0.2) is 101 Å². The van der Waals surface area contributed by atoms with Crippen LogP contribution in [-0.2, 0) is 34.4 Å². The minimum absolute atomic E-state index is 0.228. The van der Waals surface area contributed by atoms with E-state index in [-0.39, 0.29) is 12.1 Å². The van der Waals surface area contributed by atoms with E-state index in [9.17, 15) is 21.6 Å². The molecule has 51 heavy (non-hydrogen) atoms. The highest BCUT2D eigenvalue weighted by molar-refractivity contribution is 7.89. The largest absolute Gasteiger partial charge is 0.429 e. The van der Waals surface area contributed by atoms with Crippen LogP contribution in [0.25, 0.3) is 21.8 Å². The number of nitrogens with zero attached hydrogens (tertiary/aromatic N) is 6. The highest BCUT2D eigenvalue weighted by atomic mass is 32.2. The zero-order valence-electron chi connectivity index (χ0n) is 28.7. The number of ether oxygens (including phenoxy) is 1. The smallest absolute Gasteiger partial charge is 0.373 e. The molecule has 2 aromatic heterocycles. The summed E-state index contributed by atoms with van der Waals surface area (Å²) in [6.07, 6.45) is 9.72. The van der Waals surface area contributed by atoms with Gasteiger partial charge in [-0.2, -0.15) is 9.59 Å². The van der Waals surface area contributed by atoms with Crippen molar-refractivity contribution in [1.29, 1.82) is 0 Å². The number of sulfonamides is 2. The van der Waals surface area contributed by atoms with E-state index >= 15 is 0 Å². The average molecular weight is 743 g/mol. The fourth-order valence-corrected chi connectivity index (χ4v) is 7.27. The molecule has 0 spiro atoms. The molecule has 2 saturated heterocycles. The average Bonchev–Trinajstić information content (AvgIpc) is 3.09. The number of aromatic nitrogens is 4. The van der Waals surface area contributed by atoms with Gasteiger partial charge in [-0.1, -0.05) is 6.07 Å². The molecule has 2 atom stereocenters. The van der Waals surface area contributed by atoms with Crippen LogP contribution in [0.4, 0.5) is 11.6 Å². The van der Waals surface area contributed by atoms with E-state index in [1.807, 2.05) is 6.07 Å². The monoisotopic (exact) mass is 742 g/mol. The number of hydrogen-bond donors (Lipinski definition) is 2. The van der Waals surface area contributed by atoms with E-state index in [0.717, 1.165) is 79.8 Å². The number of fused-ring (bicyclic) bond motifs is 2.